The number of carbonyl (C=O) groups excluding carboxylic acids is 1. The number of nitrogens with one attached hydrogen (secondary N) is 1. The van der Waals surface area contributed by atoms with Crippen molar-refractivity contribution in [1.29, 1.82) is 0 Å². The average molecular weight is 390 g/mol. The monoisotopic (exact) mass is 390 g/mol. The molecule has 2 aromatic rings. The second-order valence-electron chi connectivity index (χ2n) is 6.09. The molecule has 7 nitrogen and oxygen atoms in total. The standard InChI is InChI=1S/C17H18N4O3S2/c1-17(2)14(21(23)15(22)19-12-7-4-3-5-8-12)20(16(25)26-17)18-11-13-9-6-10-24-13/h3-11,14,23H,1-2H3,(H,19,22)/b18-11-/t14-/m1/s1. The van der Waals surface area contributed by atoms with Crippen molar-refractivity contribution < 1.29 is 14.4 Å². The van der Waals surface area contributed by atoms with Gasteiger partial charge < -0.3 is 9.73 Å². The predicted octanol–water partition coefficient (Wildman–Crippen LogP) is 3.98. The van der Waals surface area contributed by atoms with Crippen LogP contribution in [-0.4, -0.2) is 42.8 Å². The Labute approximate surface area is 160 Å². The van der Waals surface area contributed by atoms with Gasteiger partial charge in [-0.25, -0.2) is 9.80 Å². The Bertz CT molecular complexity index is 809. The number of nitrogens with zero attached hydrogens (tertiary/aromatic N) is 3. The van der Waals surface area contributed by atoms with Crippen LogP contribution in [0, 0.1) is 0 Å². The van der Waals surface area contributed by atoms with Crippen LogP contribution >= 0.6 is 24.0 Å². The van der Waals surface area contributed by atoms with E-state index in [4.69, 9.17) is 16.6 Å². The van der Waals surface area contributed by atoms with Crippen LogP contribution < -0.4 is 5.32 Å². The van der Waals surface area contributed by atoms with Gasteiger partial charge in [0.25, 0.3) is 0 Å². The third-order valence-corrected chi connectivity index (χ3v) is 5.24. The van der Waals surface area contributed by atoms with Gasteiger partial charge in [-0.1, -0.05) is 42.2 Å². The Kier molecular flexibility index (Phi) is 5.30. The fourth-order valence-corrected chi connectivity index (χ4v) is 4.31. The number of hydrogen-bond donors (Lipinski definition) is 2. The number of hydrogen-bond acceptors (Lipinski definition) is 6. The second-order valence-corrected chi connectivity index (χ2v) is 8.38. The molecule has 1 atom stereocenters. The van der Waals surface area contributed by atoms with Gasteiger partial charge in [0.05, 0.1) is 17.2 Å². The van der Waals surface area contributed by atoms with Gasteiger partial charge in [0.15, 0.2) is 10.5 Å². The molecule has 136 valence electrons. The van der Waals surface area contributed by atoms with E-state index in [0.29, 0.717) is 20.8 Å². The molecule has 1 aromatic carbocycles. The molecule has 0 spiro atoms. The van der Waals surface area contributed by atoms with Crippen LogP contribution in [0.2, 0.25) is 0 Å². The van der Waals surface area contributed by atoms with Gasteiger partial charge in [-0.15, -0.1) is 0 Å². The molecule has 1 fully saturated rings. The quantitative estimate of drug-likeness (QED) is 0.356. The topological polar surface area (TPSA) is 81.3 Å². The number of urea groups is 1. The molecule has 0 saturated carbocycles. The summed E-state index contributed by atoms with van der Waals surface area (Å²) in [6.45, 7) is 3.77. The number of amides is 2. The molecule has 2 amide bonds. The number of hydrazone groups is 1. The highest BCUT2D eigenvalue weighted by Gasteiger charge is 2.50. The maximum Gasteiger partial charge on any atom is 0.347 e. The lowest BCUT2D eigenvalue weighted by Crippen LogP contribution is -2.54. The third kappa shape index (κ3) is 3.90. The van der Waals surface area contributed by atoms with Gasteiger partial charge in [0, 0.05) is 5.69 Å². The first-order valence-electron chi connectivity index (χ1n) is 7.82. The summed E-state index contributed by atoms with van der Waals surface area (Å²) in [4.78, 5) is 12.5. The summed E-state index contributed by atoms with van der Waals surface area (Å²) >= 11 is 6.73. The van der Waals surface area contributed by atoms with E-state index < -0.39 is 16.9 Å². The number of anilines is 1. The number of para-hydroxylation sites is 1. The number of hydroxylamine groups is 2. The number of benzene rings is 1. The highest BCUT2D eigenvalue weighted by molar-refractivity contribution is 8.24. The lowest BCUT2D eigenvalue weighted by atomic mass is 10.1. The maximum atomic E-state index is 12.5. The van der Waals surface area contributed by atoms with Gasteiger partial charge in [0.2, 0.25) is 0 Å². The van der Waals surface area contributed by atoms with E-state index in [-0.39, 0.29) is 0 Å². The summed E-state index contributed by atoms with van der Waals surface area (Å²) in [5.41, 5.74) is 0.577. The zero-order valence-electron chi connectivity index (χ0n) is 14.2. The smallest absolute Gasteiger partial charge is 0.347 e. The van der Waals surface area contributed by atoms with Crippen LogP contribution in [0.4, 0.5) is 10.5 Å². The number of thioether (sulfide) groups is 1. The van der Waals surface area contributed by atoms with Crippen molar-refractivity contribution in [1.82, 2.24) is 10.1 Å². The van der Waals surface area contributed by atoms with Crippen molar-refractivity contribution >= 4 is 46.2 Å². The Morgan fingerprint density at radius 1 is 1.38 bits per heavy atom. The van der Waals surface area contributed by atoms with Crippen molar-refractivity contribution in [3.05, 3.63) is 54.5 Å². The summed E-state index contributed by atoms with van der Waals surface area (Å²) in [6, 6.07) is 11.7. The van der Waals surface area contributed by atoms with E-state index in [0.717, 1.165) is 0 Å². The van der Waals surface area contributed by atoms with E-state index >= 15 is 0 Å². The molecule has 0 radical (unpaired) electrons. The van der Waals surface area contributed by atoms with Crippen LogP contribution in [0.25, 0.3) is 0 Å². The van der Waals surface area contributed by atoms with E-state index in [1.807, 2.05) is 19.9 Å². The zero-order valence-corrected chi connectivity index (χ0v) is 15.8. The first-order chi connectivity index (χ1) is 12.4. The van der Waals surface area contributed by atoms with E-state index in [1.165, 1.54) is 29.2 Å². The van der Waals surface area contributed by atoms with E-state index in [2.05, 4.69) is 10.4 Å². The molecule has 0 bridgehead atoms. The van der Waals surface area contributed by atoms with Crippen LogP contribution in [0.3, 0.4) is 0 Å². The zero-order chi connectivity index (χ0) is 18.7. The van der Waals surface area contributed by atoms with Gasteiger partial charge in [0.1, 0.15) is 5.76 Å². The SMILES string of the molecule is CC1(C)SC(=S)N(/N=C\c2ccco2)[C@@H]1N(O)C(=O)Nc1ccccc1. The van der Waals surface area contributed by atoms with E-state index in [9.17, 15) is 10.0 Å². The van der Waals surface area contributed by atoms with Crippen molar-refractivity contribution in [2.45, 2.75) is 24.8 Å². The molecule has 3 rings (SSSR count). The molecule has 1 saturated heterocycles. The van der Waals surface area contributed by atoms with Crippen molar-refractivity contribution in [3.8, 4) is 0 Å². The molecule has 9 heteroatoms. The highest BCUT2D eigenvalue weighted by atomic mass is 32.2. The molecule has 26 heavy (non-hydrogen) atoms. The lowest BCUT2D eigenvalue weighted by Gasteiger charge is -2.34. The molecule has 1 aliphatic rings. The number of thiocarbonyl (C=S) groups is 1. The van der Waals surface area contributed by atoms with E-state index in [1.54, 1.807) is 36.4 Å². The van der Waals surface area contributed by atoms with Crippen LogP contribution in [-0.2, 0) is 0 Å². The van der Waals surface area contributed by atoms with Gasteiger partial charge in [-0.2, -0.15) is 10.2 Å². The second kappa shape index (κ2) is 7.48. The normalized spacial score (nSPS) is 19.1. The summed E-state index contributed by atoms with van der Waals surface area (Å²) in [5, 5.41) is 19.6. The first kappa shape index (κ1) is 18.4. The minimum absolute atomic E-state index is 0.453. The Hall–Kier alpha value is -2.36. The van der Waals surface area contributed by atoms with Crippen molar-refractivity contribution in [2.75, 3.05) is 5.32 Å². The summed E-state index contributed by atoms with van der Waals surface area (Å²) in [6.07, 6.45) is 2.24. The Morgan fingerprint density at radius 2 is 2.12 bits per heavy atom. The maximum absolute atomic E-state index is 12.5. The average Bonchev–Trinajstić information content (AvgIpc) is 3.18. The molecule has 2 heterocycles. The minimum atomic E-state index is -0.782. The Morgan fingerprint density at radius 3 is 2.77 bits per heavy atom. The third-order valence-electron chi connectivity index (χ3n) is 3.71. The van der Waals surface area contributed by atoms with Crippen molar-refractivity contribution in [2.24, 2.45) is 5.10 Å². The highest BCUT2D eigenvalue weighted by Crippen LogP contribution is 2.42. The van der Waals surface area contributed by atoms with Crippen LogP contribution in [0.15, 0.2) is 58.2 Å². The largest absolute Gasteiger partial charge is 0.463 e. The van der Waals surface area contributed by atoms with Gasteiger partial charge >= 0.3 is 6.03 Å². The summed E-state index contributed by atoms with van der Waals surface area (Å²) in [5.74, 6) is 0.541. The minimum Gasteiger partial charge on any atom is -0.463 e. The fourth-order valence-electron chi connectivity index (χ4n) is 2.52. The fraction of sp³-hybridized carbons (Fsp3) is 0.235. The molecule has 0 unspecified atom stereocenters. The van der Waals surface area contributed by atoms with Crippen molar-refractivity contribution in [3.63, 3.8) is 0 Å². The predicted molar refractivity (Wildman–Crippen MR) is 105 cm³/mol. The van der Waals surface area contributed by atoms with Crippen LogP contribution in [0.1, 0.15) is 19.6 Å². The number of carbonyl (C=O) groups is 1. The molecular weight excluding hydrogens is 372 g/mol. The molecular formula is C17H18N4O3S2. The number of rotatable bonds is 4. The van der Waals surface area contributed by atoms with Gasteiger partial charge in [-0.3, -0.25) is 5.21 Å². The summed E-state index contributed by atoms with van der Waals surface area (Å²) in [7, 11) is 0. The summed E-state index contributed by atoms with van der Waals surface area (Å²) < 4.78 is 5.11. The number of furan rings is 1. The molecule has 1 aliphatic heterocycles. The Balaban J connectivity index is 1.81. The lowest BCUT2D eigenvalue weighted by molar-refractivity contribution is -0.114. The first-order valence-corrected chi connectivity index (χ1v) is 9.05. The van der Waals surface area contributed by atoms with Crippen LogP contribution in [0.5, 0.6) is 0 Å². The molecule has 1 aromatic heterocycles. The molecule has 0 aliphatic carbocycles. The van der Waals surface area contributed by atoms with Gasteiger partial charge in [-0.05, 0) is 38.1 Å². The molecule has 2 N–H and O–H groups in total.